The molecule has 0 saturated heterocycles. The molecule has 0 bridgehead atoms. The lowest BCUT2D eigenvalue weighted by Gasteiger charge is -2.29. The van der Waals surface area contributed by atoms with Gasteiger partial charge in [0, 0.05) is 38.4 Å². The van der Waals surface area contributed by atoms with Crippen molar-refractivity contribution in [2.45, 2.75) is 50.7 Å². The average molecular weight is 527 g/mol. The van der Waals surface area contributed by atoms with E-state index in [-0.39, 0.29) is 48.6 Å². The number of hydrogen-bond donors (Lipinski definition) is 2. The van der Waals surface area contributed by atoms with E-state index in [0.717, 1.165) is 11.1 Å². The number of carbonyl (C=O) groups is 2. The Bertz CT molecular complexity index is 1280. The predicted molar refractivity (Wildman–Crippen MR) is 138 cm³/mol. The van der Waals surface area contributed by atoms with E-state index in [4.69, 9.17) is 0 Å². The van der Waals surface area contributed by atoms with Crippen molar-refractivity contribution in [2.24, 2.45) is 0 Å². The number of amides is 2. The fourth-order valence-electron chi connectivity index (χ4n) is 3.71. The highest BCUT2D eigenvalue weighted by atomic mass is 32.2. The number of hydrogen-bond acceptors (Lipinski definition) is 5. The lowest BCUT2D eigenvalue weighted by Crippen LogP contribution is -2.47. The number of aryl methyl sites for hydroxylation is 1. The van der Waals surface area contributed by atoms with Crippen molar-refractivity contribution in [3.8, 4) is 0 Å². The summed E-state index contributed by atoms with van der Waals surface area (Å²) in [4.78, 5) is 31.8. The maximum absolute atomic E-state index is 13.4. The van der Waals surface area contributed by atoms with Gasteiger partial charge in [-0.25, -0.2) is 17.5 Å². The van der Waals surface area contributed by atoms with E-state index < -0.39 is 16.1 Å². The lowest BCUT2D eigenvalue weighted by atomic mass is 10.1. The van der Waals surface area contributed by atoms with Gasteiger partial charge in [-0.15, -0.1) is 0 Å². The molecule has 2 aromatic carbocycles. The molecular weight excluding hydrogens is 495 g/mol. The molecule has 10 heteroatoms. The summed E-state index contributed by atoms with van der Waals surface area (Å²) in [7, 11) is -3.56. The lowest BCUT2D eigenvalue weighted by molar-refractivity contribution is -0.140. The Balaban J connectivity index is 1.69. The number of aromatic nitrogens is 1. The number of benzene rings is 2. The number of halogens is 1. The van der Waals surface area contributed by atoms with Gasteiger partial charge >= 0.3 is 0 Å². The normalized spacial score (nSPS) is 12.1. The SMILES string of the molecule is CCNS(=O)(=O)c1ccc(CCC(=O)N(Cc2ccc(F)cc2)C(C)C(=O)NCc2cccnc2)cc1. The number of pyridine rings is 1. The highest BCUT2D eigenvalue weighted by Crippen LogP contribution is 2.16. The van der Waals surface area contributed by atoms with E-state index in [9.17, 15) is 22.4 Å². The van der Waals surface area contributed by atoms with Crippen LogP contribution in [0.4, 0.5) is 4.39 Å². The smallest absolute Gasteiger partial charge is 0.242 e. The standard InChI is InChI=1S/C27H31FN4O4S/c1-3-31-37(35,36)25-13-8-21(9-14-25)10-15-26(33)32(19-22-6-11-24(28)12-7-22)20(2)27(34)30-18-23-5-4-16-29-17-23/h4-9,11-14,16-17,20,31H,3,10,15,18-19H2,1-2H3,(H,30,34). The zero-order valence-electron chi connectivity index (χ0n) is 20.9. The Morgan fingerprint density at radius 3 is 2.30 bits per heavy atom. The van der Waals surface area contributed by atoms with Crippen LogP contribution in [0.3, 0.4) is 0 Å². The van der Waals surface area contributed by atoms with Crippen molar-refractivity contribution in [3.63, 3.8) is 0 Å². The first-order valence-corrected chi connectivity index (χ1v) is 13.5. The zero-order chi connectivity index (χ0) is 26.8. The average Bonchev–Trinajstić information content (AvgIpc) is 2.90. The van der Waals surface area contributed by atoms with Gasteiger partial charge in [-0.3, -0.25) is 14.6 Å². The summed E-state index contributed by atoms with van der Waals surface area (Å²) < 4.78 is 40.1. The second kappa shape index (κ2) is 13.1. The summed E-state index contributed by atoms with van der Waals surface area (Å²) in [6.45, 7) is 4.06. The van der Waals surface area contributed by atoms with Gasteiger partial charge in [0.05, 0.1) is 4.90 Å². The van der Waals surface area contributed by atoms with Crippen LogP contribution in [0.15, 0.2) is 78.0 Å². The first-order valence-electron chi connectivity index (χ1n) is 12.0. The molecule has 0 spiro atoms. The first kappa shape index (κ1) is 27.9. The Morgan fingerprint density at radius 1 is 1.00 bits per heavy atom. The fourth-order valence-corrected chi connectivity index (χ4v) is 4.75. The quantitative estimate of drug-likeness (QED) is 0.377. The van der Waals surface area contributed by atoms with Gasteiger partial charge in [-0.2, -0.15) is 0 Å². The van der Waals surface area contributed by atoms with Crippen molar-refractivity contribution in [1.82, 2.24) is 19.9 Å². The minimum Gasteiger partial charge on any atom is -0.350 e. The maximum Gasteiger partial charge on any atom is 0.242 e. The molecule has 37 heavy (non-hydrogen) atoms. The molecule has 0 aliphatic rings. The molecule has 3 rings (SSSR count). The summed E-state index contributed by atoms with van der Waals surface area (Å²) in [5, 5.41) is 2.84. The minimum atomic E-state index is -3.56. The molecule has 2 N–H and O–H groups in total. The van der Waals surface area contributed by atoms with Crippen LogP contribution in [0.5, 0.6) is 0 Å². The van der Waals surface area contributed by atoms with Gasteiger partial charge in [0.25, 0.3) is 0 Å². The van der Waals surface area contributed by atoms with Crippen molar-refractivity contribution in [3.05, 3.63) is 95.6 Å². The molecule has 0 aliphatic carbocycles. The van der Waals surface area contributed by atoms with Crippen LogP contribution in [-0.2, 0) is 39.1 Å². The Kier molecular flexibility index (Phi) is 9.87. The third-order valence-corrected chi connectivity index (χ3v) is 7.38. The van der Waals surface area contributed by atoms with Gasteiger partial charge in [0.1, 0.15) is 11.9 Å². The number of rotatable bonds is 12. The van der Waals surface area contributed by atoms with Crippen molar-refractivity contribution in [1.29, 1.82) is 0 Å². The molecule has 0 aliphatic heterocycles. The molecule has 1 atom stereocenters. The van der Waals surface area contributed by atoms with Crippen LogP contribution in [-0.4, -0.2) is 42.7 Å². The molecule has 1 aromatic heterocycles. The molecule has 1 unspecified atom stereocenters. The van der Waals surface area contributed by atoms with Gasteiger partial charge in [-0.05, 0) is 60.4 Å². The van der Waals surface area contributed by atoms with Crippen molar-refractivity contribution in [2.75, 3.05) is 6.54 Å². The predicted octanol–water partition coefficient (Wildman–Crippen LogP) is 3.19. The van der Waals surface area contributed by atoms with Crippen molar-refractivity contribution < 1.29 is 22.4 Å². The summed E-state index contributed by atoms with van der Waals surface area (Å²) in [5.41, 5.74) is 2.32. The summed E-state index contributed by atoms with van der Waals surface area (Å²) in [6.07, 6.45) is 3.78. The number of carbonyl (C=O) groups excluding carboxylic acids is 2. The topological polar surface area (TPSA) is 108 Å². The molecule has 3 aromatic rings. The van der Waals surface area contributed by atoms with Gasteiger partial charge < -0.3 is 10.2 Å². The van der Waals surface area contributed by atoms with Gasteiger partial charge in [0.15, 0.2) is 0 Å². The third kappa shape index (κ3) is 8.19. The molecular formula is C27H31FN4O4S. The minimum absolute atomic E-state index is 0.112. The van der Waals surface area contributed by atoms with Crippen LogP contribution in [0, 0.1) is 5.82 Å². The molecule has 196 valence electrons. The highest BCUT2D eigenvalue weighted by Gasteiger charge is 2.26. The molecule has 1 heterocycles. The summed E-state index contributed by atoms with van der Waals surface area (Å²) >= 11 is 0. The molecule has 2 amide bonds. The number of nitrogens with zero attached hydrogens (tertiary/aromatic N) is 2. The fraction of sp³-hybridized carbons (Fsp3) is 0.296. The zero-order valence-corrected chi connectivity index (χ0v) is 21.7. The van der Waals surface area contributed by atoms with Crippen LogP contribution >= 0.6 is 0 Å². The van der Waals surface area contributed by atoms with Crippen LogP contribution < -0.4 is 10.0 Å². The van der Waals surface area contributed by atoms with E-state index in [1.807, 2.05) is 6.07 Å². The monoisotopic (exact) mass is 526 g/mol. The maximum atomic E-state index is 13.4. The molecule has 0 fully saturated rings. The van der Waals surface area contributed by atoms with Gasteiger partial charge in [-0.1, -0.05) is 37.3 Å². The number of nitrogens with one attached hydrogen (secondary N) is 2. The van der Waals surface area contributed by atoms with E-state index >= 15 is 0 Å². The molecule has 0 saturated carbocycles. The second-order valence-corrected chi connectivity index (χ2v) is 10.3. The summed E-state index contributed by atoms with van der Waals surface area (Å²) in [5.74, 6) is -0.960. The third-order valence-electron chi connectivity index (χ3n) is 5.82. The van der Waals surface area contributed by atoms with E-state index in [0.29, 0.717) is 12.0 Å². The van der Waals surface area contributed by atoms with Crippen LogP contribution in [0.25, 0.3) is 0 Å². The first-order chi connectivity index (χ1) is 17.7. The van der Waals surface area contributed by atoms with E-state index in [1.165, 1.54) is 29.2 Å². The Morgan fingerprint density at radius 2 is 1.68 bits per heavy atom. The van der Waals surface area contributed by atoms with E-state index in [2.05, 4.69) is 15.0 Å². The largest absolute Gasteiger partial charge is 0.350 e. The Hall–Kier alpha value is -3.63. The number of sulfonamides is 1. The van der Waals surface area contributed by atoms with Crippen molar-refractivity contribution >= 4 is 21.8 Å². The second-order valence-electron chi connectivity index (χ2n) is 8.55. The highest BCUT2D eigenvalue weighted by molar-refractivity contribution is 7.89. The Labute approximate surface area is 217 Å². The molecule has 8 nitrogen and oxygen atoms in total. The van der Waals surface area contributed by atoms with E-state index in [1.54, 1.807) is 56.6 Å². The van der Waals surface area contributed by atoms with Gasteiger partial charge in [0.2, 0.25) is 21.8 Å². The van der Waals surface area contributed by atoms with Crippen LogP contribution in [0.1, 0.15) is 37.0 Å². The summed E-state index contributed by atoms with van der Waals surface area (Å²) in [6, 6.07) is 15.0. The molecule has 0 radical (unpaired) electrons. The van der Waals surface area contributed by atoms with Crippen LogP contribution in [0.2, 0.25) is 0 Å².